The molecule has 0 radical (unpaired) electrons. The summed E-state index contributed by atoms with van der Waals surface area (Å²) >= 11 is 0. The van der Waals surface area contributed by atoms with Gasteiger partial charge in [0.15, 0.2) is 0 Å². The van der Waals surface area contributed by atoms with Crippen LogP contribution >= 0.6 is 0 Å². The number of carbonyl (C=O) groups is 1. The van der Waals surface area contributed by atoms with Crippen LogP contribution in [0.2, 0.25) is 0 Å². The molecule has 6 heteroatoms. The van der Waals surface area contributed by atoms with E-state index in [4.69, 9.17) is 0 Å². The van der Waals surface area contributed by atoms with Gasteiger partial charge in [-0.15, -0.1) is 0 Å². The third kappa shape index (κ3) is 3.93. The number of amides is 1. The van der Waals surface area contributed by atoms with Crippen LogP contribution in [0.1, 0.15) is 28.8 Å². The molecule has 1 N–H and O–H groups in total. The highest BCUT2D eigenvalue weighted by atomic mass is 32.2. The van der Waals surface area contributed by atoms with Crippen LogP contribution in [-0.4, -0.2) is 31.7 Å². The van der Waals surface area contributed by atoms with Gasteiger partial charge in [-0.05, 0) is 42.0 Å². The van der Waals surface area contributed by atoms with E-state index in [0.717, 1.165) is 29.3 Å². The summed E-state index contributed by atoms with van der Waals surface area (Å²) < 4.78 is 26.4. The van der Waals surface area contributed by atoms with E-state index in [2.05, 4.69) is 5.32 Å². The SMILES string of the molecule is O=C(Nc1cccc2ccccc12)c1ccc(CS(=O)(=O)N2CCCC2)cc1. The molecule has 0 unspecified atom stereocenters. The van der Waals surface area contributed by atoms with Gasteiger partial charge in [-0.25, -0.2) is 12.7 Å². The van der Waals surface area contributed by atoms with Gasteiger partial charge in [0.2, 0.25) is 10.0 Å². The first kappa shape index (κ1) is 18.7. The second-order valence-electron chi connectivity index (χ2n) is 7.04. The number of fused-ring (bicyclic) bond motifs is 1. The van der Waals surface area contributed by atoms with E-state index in [1.807, 2.05) is 42.5 Å². The zero-order chi connectivity index (χ0) is 19.6. The van der Waals surface area contributed by atoms with Crippen LogP contribution in [0.25, 0.3) is 10.8 Å². The summed E-state index contributed by atoms with van der Waals surface area (Å²) in [6.45, 7) is 1.21. The average Bonchev–Trinajstić information content (AvgIpc) is 3.24. The molecule has 1 amide bonds. The fourth-order valence-corrected chi connectivity index (χ4v) is 5.16. The second-order valence-corrected chi connectivity index (χ2v) is 9.01. The number of nitrogens with zero attached hydrogens (tertiary/aromatic N) is 1. The molecule has 0 spiro atoms. The predicted molar refractivity (Wildman–Crippen MR) is 112 cm³/mol. The summed E-state index contributed by atoms with van der Waals surface area (Å²) in [5.41, 5.74) is 1.94. The van der Waals surface area contributed by atoms with Crippen molar-refractivity contribution in [2.75, 3.05) is 18.4 Å². The van der Waals surface area contributed by atoms with Gasteiger partial charge in [-0.3, -0.25) is 4.79 Å². The van der Waals surface area contributed by atoms with Crippen molar-refractivity contribution in [1.29, 1.82) is 0 Å². The maximum atomic E-state index is 12.6. The smallest absolute Gasteiger partial charge is 0.255 e. The lowest BCUT2D eigenvalue weighted by Gasteiger charge is -2.15. The van der Waals surface area contributed by atoms with Gasteiger partial charge >= 0.3 is 0 Å². The number of carbonyl (C=O) groups excluding carboxylic acids is 1. The lowest BCUT2D eigenvalue weighted by molar-refractivity contribution is 0.102. The van der Waals surface area contributed by atoms with E-state index in [9.17, 15) is 13.2 Å². The first-order chi connectivity index (χ1) is 13.5. The van der Waals surface area contributed by atoms with Crippen molar-refractivity contribution in [3.63, 3.8) is 0 Å². The maximum Gasteiger partial charge on any atom is 0.255 e. The van der Waals surface area contributed by atoms with Crippen molar-refractivity contribution >= 4 is 32.4 Å². The summed E-state index contributed by atoms with van der Waals surface area (Å²) in [6.07, 6.45) is 1.85. The molecule has 1 saturated heterocycles. The molecule has 1 aliphatic rings. The molecule has 4 rings (SSSR count). The Morgan fingerprint density at radius 1 is 0.893 bits per heavy atom. The zero-order valence-corrected chi connectivity index (χ0v) is 16.3. The molecule has 28 heavy (non-hydrogen) atoms. The van der Waals surface area contributed by atoms with Gasteiger partial charge < -0.3 is 5.32 Å². The molecule has 0 saturated carbocycles. The second kappa shape index (κ2) is 7.73. The first-order valence-corrected chi connectivity index (χ1v) is 11.0. The Morgan fingerprint density at radius 2 is 1.57 bits per heavy atom. The summed E-state index contributed by atoms with van der Waals surface area (Å²) in [7, 11) is -3.29. The van der Waals surface area contributed by atoms with Crippen LogP contribution in [0, 0.1) is 0 Å². The van der Waals surface area contributed by atoms with E-state index in [-0.39, 0.29) is 11.7 Å². The Bertz CT molecular complexity index is 1100. The minimum absolute atomic E-state index is 0.0295. The lowest BCUT2D eigenvalue weighted by Crippen LogP contribution is -2.29. The third-order valence-corrected chi connectivity index (χ3v) is 6.91. The monoisotopic (exact) mass is 394 g/mol. The van der Waals surface area contributed by atoms with E-state index in [0.29, 0.717) is 24.2 Å². The summed E-state index contributed by atoms with van der Waals surface area (Å²) in [5, 5.41) is 4.98. The highest BCUT2D eigenvalue weighted by molar-refractivity contribution is 7.88. The molecule has 5 nitrogen and oxygen atoms in total. The van der Waals surface area contributed by atoms with E-state index < -0.39 is 10.0 Å². The van der Waals surface area contributed by atoms with Crippen molar-refractivity contribution in [1.82, 2.24) is 4.31 Å². The van der Waals surface area contributed by atoms with Crippen molar-refractivity contribution in [2.45, 2.75) is 18.6 Å². The molecular formula is C22H22N2O3S. The number of nitrogens with one attached hydrogen (secondary N) is 1. The molecule has 1 aliphatic heterocycles. The van der Waals surface area contributed by atoms with Crippen LogP contribution in [0.5, 0.6) is 0 Å². The lowest BCUT2D eigenvalue weighted by atomic mass is 10.1. The zero-order valence-electron chi connectivity index (χ0n) is 15.5. The van der Waals surface area contributed by atoms with Gasteiger partial charge in [0.25, 0.3) is 5.91 Å². The highest BCUT2D eigenvalue weighted by Gasteiger charge is 2.25. The third-order valence-electron chi connectivity index (χ3n) is 5.06. The fourth-order valence-electron chi connectivity index (χ4n) is 3.55. The Balaban J connectivity index is 1.48. The fraction of sp³-hybridized carbons (Fsp3) is 0.227. The van der Waals surface area contributed by atoms with Gasteiger partial charge in [0, 0.05) is 29.7 Å². The summed E-state index contributed by atoms with van der Waals surface area (Å²) in [4.78, 5) is 12.6. The molecule has 144 valence electrons. The minimum Gasteiger partial charge on any atom is -0.321 e. The molecular weight excluding hydrogens is 372 g/mol. The maximum absolute atomic E-state index is 12.6. The Morgan fingerprint density at radius 3 is 2.32 bits per heavy atom. The van der Waals surface area contributed by atoms with Crippen LogP contribution < -0.4 is 5.32 Å². The highest BCUT2D eigenvalue weighted by Crippen LogP contribution is 2.24. The molecule has 0 atom stereocenters. The molecule has 0 bridgehead atoms. The van der Waals surface area contributed by atoms with Crippen LogP contribution in [-0.2, 0) is 15.8 Å². The number of benzene rings is 3. The van der Waals surface area contributed by atoms with Gasteiger partial charge in [-0.1, -0.05) is 48.5 Å². The number of sulfonamides is 1. The Labute approximate surface area is 165 Å². The summed E-state index contributed by atoms with van der Waals surface area (Å²) in [5.74, 6) is -0.247. The van der Waals surface area contributed by atoms with Crippen LogP contribution in [0.15, 0.2) is 66.7 Å². The average molecular weight is 394 g/mol. The van der Waals surface area contributed by atoms with Crippen molar-refractivity contribution in [3.05, 3.63) is 77.9 Å². The molecule has 3 aromatic carbocycles. The molecule has 3 aromatic rings. The number of rotatable bonds is 5. The van der Waals surface area contributed by atoms with E-state index >= 15 is 0 Å². The standard InChI is InChI=1S/C22H22N2O3S/c25-22(23-21-9-5-7-18-6-1-2-8-20(18)21)19-12-10-17(11-13-19)16-28(26,27)24-14-3-4-15-24/h1-2,5-13H,3-4,14-16H2,(H,23,25). The normalized spacial score (nSPS) is 15.0. The quantitative estimate of drug-likeness (QED) is 0.711. The van der Waals surface area contributed by atoms with Crippen molar-refractivity contribution < 1.29 is 13.2 Å². The number of anilines is 1. The number of hydrogen-bond donors (Lipinski definition) is 1. The Kier molecular flexibility index (Phi) is 5.15. The topological polar surface area (TPSA) is 66.5 Å². The van der Waals surface area contributed by atoms with Gasteiger partial charge in [0.05, 0.1) is 5.75 Å². The van der Waals surface area contributed by atoms with Crippen molar-refractivity contribution in [3.8, 4) is 0 Å². The van der Waals surface area contributed by atoms with Gasteiger partial charge in [0.1, 0.15) is 0 Å². The minimum atomic E-state index is -3.29. The van der Waals surface area contributed by atoms with E-state index in [1.54, 1.807) is 28.6 Å². The van der Waals surface area contributed by atoms with Crippen LogP contribution in [0.3, 0.4) is 0 Å². The van der Waals surface area contributed by atoms with E-state index in [1.165, 1.54) is 0 Å². The first-order valence-electron chi connectivity index (χ1n) is 9.39. The molecule has 1 fully saturated rings. The predicted octanol–water partition coefficient (Wildman–Crippen LogP) is 4.02. The summed E-state index contributed by atoms with van der Waals surface area (Å²) in [6, 6.07) is 20.4. The number of hydrogen-bond acceptors (Lipinski definition) is 3. The largest absolute Gasteiger partial charge is 0.321 e. The molecule has 0 aliphatic carbocycles. The van der Waals surface area contributed by atoms with Crippen LogP contribution in [0.4, 0.5) is 5.69 Å². The molecule has 1 heterocycles. The Hall–Kier alpha value is -2.70. The van der Waals surface area contributed by atoms with Crippen molar-refractivity contribution in [2.24, 2.45) is 0 Å². The molecule has 0 aromatic heterocycles. The van der Waals surface area contributed by atoms with Gasteiger partial charge in [-0.2, -0.15) is 0 Å².